The fraction of sp³-hybridized carbons (Fsp3) is 0.214. The van der Waals surface area contributed by atoms with Crippen molar-refractivity contribution in [2.45, 2.75) is 6.42 Å². The van der Waals surface area contributed by atoms with Crippen molar-refractivity contribution in [1.29, 1.82) is 0 Å². The minimum absolute atomic E-state index is 0.0533. The average Bonchev–Trinajstić information content (AvgIpc) is 2.38. The van der Waals surface area contributed by atoms with E-state index >= 15 is 0 Å². The third-order valence-electron chi connectivity index (χ3n) is 2.74. The molecule has 0 aliphatic rings. The predicted octanol–water partition coefficient (Wildman–Crippen LogP) is 1.46. The molecule has 0 fully saturated rings. The second-order valence-electron chi connectivity index (χ2n) is 3.99. The van der Waals surface area contributed by atoms with Gasteiger partial charge in [-0.2, -0.15) is 0 Å². The molecule has 2 aromatic carbocycles. The van der Waals surface area contributed by atoms with Crippen LogP contribution < -0.4 is 11.1 Å². The first kappa shape index (κ1) is 11.6. The largest absolute Gasteiger partial charge is 0.355 e. The summed E-state index contributed by atoms with van der Waals surface area (Å²) in [6.45, 7) is 0.687. The molecule has 0 radical (unpaired) electrons. The average molecular weight is 228 g/mol. The molecule has 0 atom stereocenters. The van der Waals surface area contributed by atoms with E-state index in [2.05, 4.69) is 35.6 Å². The Balaban J connectivity index is 2.02. The van der Waals surface area contributed by atoms with Gasteiger partial charge in [-0.3, -0.25) is 4.79 Å². The van der Waals surface area contributed by atoms with Gasteiger partial charge in [0.2, 0.25) is 5.91 Å². The summed E-state index contributed by atoms with van der Waals surface area (Å²) in [4.78, 5) is 11.0. The minimum atomic E-state index is -0.106. The number of hydrogen-bond donors (Lipinski definition) is 2. The SMILES string of the molecule is NCC(=O)NCCc1ccc2ccccc2c1. The molecule has 3 nitrogen and oxygen atoms in total. The molecule has 0 aromatic heterocycles. The van der Waals surface area contributed by atoms with Gasteiger partial charge in [0, 0.05) is 6.54 Å². The van der Waals surface area contributed by atoms with Crippen LogP contribution in [0.5, 0.6) is 0 Å². The summed E-state index contributed by atoms with van der Waals surface area (Å²) in [5, 5.41) is 5.23. The lowest BCUT2D eigenvalue weighted by molar-refractivity contribution is -0.119. The molecule has 0 heterocycles. The van der Waals surface area contributed by atoms with Gasteiger partial charge in [0.15, 0.2) is 0 Å². The zero-order valence-electron chi connectivity index (χ0n) is 9.65. The summed E-state index contributed by atoms with van der Waals surface area (Å²) in [5.74, 6) is -0.106. The highest BCUT2D eigenvalue weighted by Gasteiger charge is 1.98. The van der Waals surface area contributed by atoms with Crippen LogP contribution in [-0.4, -0.2) is 19.0 Å². The summed E-state index contributed by atoms with van der Waals surface area (Å²) in [6, 6.07) is 14.6. The van der Waals surface area contributed by atoms with Crippen LogP contribution in [0.1, 0.15) is 5.56 Å². The monoisotopic (exact) mass is 228 g/mol. The number of hydrogen-bond acceptors (Lipinski definition) is 2. The van der Waals surface area contributed by atoms with Gasteiger partial charge >= 0.3 is 0 Å². The van der Waals surface area contributed by atoms with Crippen molar-refractivity contribution in [3.8, 4) is 0 Å². The molecule has 0 bridgehead atoms. The molecule has 0 saturated heterocycles. The van der Waals surface area contributed by atoms with E-state index in [0.717, 1.165) is 6.42 Å². The molecule has 2 aromatic rings. The molecule has 0 aliphatic carbocycles. The van der Waals surface area contributed by atoms with Gasteiger partial charge in [-0.15, -0.1) is 0 Å². The predicted molar refractivity (Wildman–Crippen MR) is 69.7 cm³/mol. The summed E-state index contributed by atoms with van der Waals surface area (Å²) < 4.78 is 0. The fourth-order valence-electron chi connectivity index (χ4n) is 1.81. The quantitative estimate of drug-likeness (QED) is 0.832. The van der Waals surface area contributed by atoms with Gasteiger partial charge < -0.3 is 11.1 Å². The van der Waals surface area contributed by atoms with E-state index in [4.69, 9.17) is 5.73 Å². The van der Waals surface area contributed by atoms with E-state index in [1.54, 1.807) is 0 Å². The van der Waals surface area contributed by atoms with Crippen LogP contribution in [0.2, 0.25) is 0 Å². The number of carbonyl (C=O) groups is 1. The standard InChI is InChI=1S/C14H16N2O/c15-10-14(17)16-8-7-11-5-6-12-3-1-2-4-13(12)9-11/h1-6,9H,7-8,10,15H2,(H,16,17). The molecular formula is C14H16N2O. The summed E-state index contributed by atoms with van der Waals surface area (Å²) in [5.41, 5.74) is 6.44. The van der Waals surface area contributed by atoms with Gasteiger partial charge in [-0.25, -0.2) is 0 Å². The first-order chi connectivity index (χ1) is 8.29. The van der Waals surface area contributed by atoms with Crippen LogP contribution in [0.25, 0.3) is 10.8 Å². The van der Waals surface area contributed by atoms with Crippen molar-refractivity contribution < 1.29 is 4.79 Å². The van der Waals surface area contributed by atoms with Crippen LogP contribution in [0.4, 0.5) is 0 Å². The molecule has 2 rings (SSSR count). The first-order valence-corrected chi connectivity index (χ1v) is 5.74. The normalized spacial score (nSPS) is 10.4. The smallest absolute Gasteiger partial charge is 0.233 e. The van der Waals surface area contributed by atoms with Crippen LogP contribution >= 0.6 is 0 Å². The lowest BCUT2D eigenvalue weighted by Gasteiger charge is -2.05. The van der Waals surface area contributed by atoms with Crippen molar-refractivity contribution >= 4 is 16.7 Å². The Morgan fingerprint density at radius 2 is 1.88 bits per heavy atom. The first-order valence-electron chi connectivity index (χ1n) is 5.74. The Labute approximate surface area is 101 Å². The number of benzene rings is 2. The van der Waals surface area contributed by atoms with Crippen LogP contribution in [-0.2, 0) is 11.2 Å². The number of carbonyl (C=O) groups excluding carboxylic acids is 1. The molecule has 0 unspecified atom stereocenters. The van der Waals surface area contributed by atoms with Crippen LogP contribution in [0.3, 0.4) is 0 Å². The van der Waals surface area contributed by atoms with Crippen molar-refractivity contribution in [3.05, 3.63) is 48.0 Å². The molecule has 0 saturated carbocycles. The van der Waals surface area contributed by atoms with Crippen LogP contribution in [0.15, 0.2) is 42.5 Å². The molecule has 3 N–H and O–H groups in total. The maximum atomic E-state index is 11.0. The van der Waals surface area contributed by atoms with E-state index in [-0.39, 0.29) is 12.5 Å². The Morgan fingerprint density at radius 3 is 2.65 bits per heavy atom. The van der Waals surface area contributed by atoms with Crippen LogP contribution in [0, 0.1) is 0 Å². The number of nitrogens with one attached hydrogen (secondary N) is 1. The molecule has 0 spiro atoms. The molecule has 0 aliphatic heterocycles. The topological polar surface area (TPSA) is 55.1 Å². The molecule has 17 heavy (non-hydrogen) atoms. The third-order valence-corrected chi connectivity index (χ3v) is 2.74. The van der Waals surface area contributed by atoms with Crippen molar-refractivity contribution in [2.24, 2.45) is 5.73 Å². The number of nitrogens with two attached hydrogens (primary N) is 1. The second kappa shape index (κ2) is 5.46. The summed E-state index contributed by atoms with van der Waals surface area (Å²) >= 11 is 0. The van der Waals surface area contributed by atoms with Gasteiger partial charge in [0.25, 0.3) is 0 Å². The Kier molecular flexibility index (Phi) is 3.73. The highest BCUT2D eigenvalue weighted by molar-refractivity contribution is 5.83. The van der Waals surface area contributed by atoms with Gasteiger partial charge in [-0.05, 0) is 22.8 Å². The maximum absolute atomic E-state index is 11.0. The highest BCUT2D eigenvalue weighted by atomic mass is 16.1. The highest BCUT2D eigenvalue weighted by Crippen LogP contribution is 2.15. The summed E-state index contributed by atoms with van der Waals surface area (Å²) in [6.07, 6.45) is 0.830. The van der Waals surface area contributed by atoms with Gasteiger partial charge in [0.1, 0.15) is 0 Å². The second-order valence-corrected chi connectivity index (χ2v) is 3.99. The van der Waals surface area contributed by atoms with Crippen molar-refractivity contribution in [1.82, 2.24) is 5.32 Å². The lowest BCUT2D eigenvalue weighted by atomic mass is 10.1. The van der Waals surface area contributed by atoms with E-state index < -0.39 is 0 Å². The zero-order chi connectivity index (χ0) is 12.1. The number of rotatable bonds is 4. The lowest BCUT2D eigenvalue weighted by Crippen LogP contribution is -2.31. The van der Waals surface area contributed by atoms with Gasteiger partial charge in [-0.1, -0.05) is 42.5 Å². The number of amides is 1. The van der Waals surface area contributed by atoms with E-state index in [1.807, 2.05) is 12.1 Å². The minimum Gasteiger partial charge on any atom is -0.355 e. The van der Waals surface area contributed by atoms with E-state index in [0.29, 0.717) is 6.54 Å². The zero-order valence-corrected chi connectivity index (χ0v) is 9.65. The Bertz CT molecular complexity index is 522. The molecule has 1 amide bonds. The molecule has 3 heteroatoms. The maximum Gasteiger partial charge on any atom is 0.233 e. The molecule has 88 valence electrons. The Hall–Kier alpha value is -1.87. The fourth-order valence-corrected chi connectivity index (χ4v) is 1.81. The van der Waals surface area contributed by atoms with Gasteiger partial charge in [0.05, 0.1) is 6.54 Å². The molecular weight excluding hydrogens is 212 g/mol. The number of fused-ring (bicyclic) bond motifs is 1. The van der Waals surface area contributed by atoms with E-state index in [9.17, 15) is 4.79 Å². The Morgan fingerprint density at radius 1 is 1.12 bits per heavy atom. The van der Waals surface area contributed by atoms with Crippen molar-refractivity contribution in [2.75, 3.05) is 13.1 Å². The third kappa shape index (κ3) is 3.04. The summed E-state index contributed by atoms with van der Waals surface area (Å²) in [7, 11) is 0. The van der Waals surface area contributed by atoms with E-state index in [1.165, 1.54) is 16.3 Å². The van der Waals surface area contributed by atoms with Crippen molar-refractivity contribution in [3.63, 3.8) is 0 Å².